The summed E-state index contributed by atoms with van der Waals surface area (Å²) in [5.41, 5.74) is 4.80. The van der Waals surface area contributed by atoms with Crippen molar-refractivity contribution in [1.29, 1.82) is 0 Å². The molecule has 10 nitrogen and oxygen atoms in total. The standard InChI is InChI=1S/C29H26Cl2N8O2/c1-17-5-3-8-24(18-6-4-7-19(11-18)28-23(34-29(17)41)14-33-37(28)2)38-16-32-22(13-27(38)40)21-12-20(30)9-10-25(21)39-15-26(31)35-36-39/h4,6-7,9-17,24H,3,5,8H2,1-2H3,(H,34,41). The number of carbonyl (C=O) groups is 1. The van der Waals surface area contributed by atoms with E-state index in [0.717, 1.165) is 23.2 Å². The average molecular weight is 589 g/mol. The number of halogens is 2. The predicted molar refractivity (Wildman–Crippen MR) is 157 cm³/mol. The Kier molecular flexibility index (Phi) is 7.19. The number of aryl methyl sites for hydroxylation is 1. The summed E-state index contributed by atoms with van der Waals surface area (Å²) in [6.45, 7) is 1.92. The molecule has 1 aliphatic heterocycles. The van der Waals surface area contributed by atoms with E-state index in [1.807, 2.05) is 38.2 Å². The summed E-state index contributed by atoms with van der Waals surface area (Å²) in [5.74, 6) is -0.257. The van der Waals surface area contributed by atoms with Gasteiger partial charge in [0.05, 0.1) is 47.5 Å². The van der Waals surface area contributed by atoms with Crippen molar-refractivity contribution in [2.24, 2.45) is 13.0 Å². The van der Waals surface area contributed by atoms with Crippen LogP contribution >= 0.6 is 23.2 Å². The van der Waals surface area contributed by atoms with E-state index in [1.165, 1.54) is 10.7 Å². The van der Waals surface area contributed by atoms with Crippen LogP contribution < -0.4 is 10.9 Å². The average Bonchev–Trinajstić information content (AvgIpc) is 3.55. The van der Waals surface area contributed by atoms with Gasteiger partial charge in [-0.05, 0) is 42.7 Å². The first-order chi connectivity index (χ1) is 19.8. The van der Waals surface area contributed by atoms with Crippen molar-refractivity contribution in [3.8, 4) is 28.2 Å². The summed E-state index contributed by atoms with van der Waals surface area (Å²) >= 11 is 12.3. The van der Waals surface area contributed by atoms with Crippen molar-refractivity contribution in [3.05, 3.63) is 93.3 Å². The van der Waals surface area contributed by atoms with Gasteiger partial charge in [0, 0.05) is 35.2 Å². The van der Waals surface area contributed by atoms with Gasteiger partial charge in [0.15, 0.2) is 5.15 Å². The maximum atomic E-state index is 13.7. The Morgan fingerprint density at radius 3 is 2.68 bits per heavy atom. The molecule has 5 aromatic rings. The molecule has 2 bridgehead atoms. The highest BCUT2D eigenvalue weighted by Gasteiger charge is 2.23. The van der Waals surface area contributed by atoms with Crippen LogP contribution in [0.4, 0.5) is 5.69 Å². The van der Waals surface area contributed by atoms with E-state index in [1.54, 1.807) is 46.2 Å². The van der Waals surface area contributed by atoms with Gasteiger partial charge < -0.3 is 5.32 Å². The molecule has 1 amide bonds. The maximum absolute atomic E-state index is 13.7. The molecule has 12 heteroatoms. The van der Waals surface area contributed by atoms with Gasteiger partial charge in [0.2, 0.25) is 5.91 Å². The Hall–Kier alpha value is -4.28. The second kappa shape index (κ2) is 10.9. The summed E-state index contributed by atoms with van der Waals surface area (Å²) in [6.07, 6.45) is 6.88. The quantitative estimate of drug-likeness (QED) is 0.296. The molecule has 2 unspecified atom stereocenters. The molecule has 2 atom stereocenters. The number of nitrogens with one attached hydrogen (secondary N) is 1. The Balaban J connectivity index is 1.44. The van der Waals surface area contributed by atoms with Crippen molar-refractivity contribution in [1.82, 2.24) is 34.3 Å². The van der Waals surface area contributed by atoms with Crippen LogP contribution in [0.25, 0.3) is 28.2 Å². The van der Waals surface area contributed by atoms with E-state index < -0.39 is 0 Å². The van der Waals surface area contributed by atoms with Crippen LogP contribution in [0.15, 0.2) is 72.0 Å². The van der Waals surface area contributed by atoms with Crippen molar-refractivity contribution in [3.63, 3.8) is 0 Å². The summed E-state index contributed by atoms with van der Waals surface area (Å²) in [6, 6.07) is 14.4. The molecule has 41 heavy (non-hydrogen) atoms. The summed E-state index contributed by atoms with van der Waals surface area (Å²) in [4.78, 5) is 31.3. The third-order valence-electron chi connectivity index (χ3n) is 7.42. The number of nitrogens with zero attached hydrogens (tertiary/aromatic N) is 7. The number of hydrogen-bond acceptors (Lipinski definition) is 6. The van der Waals surface area contributed by atoms with E-state index in [-0.39, 0.29) is 28.6 Å². The van der Waals surface area contributed by atoms with Gasteiger partial charge in [0.25, 0.3) is 5.56 Å². The topological polar surface area (TPSA) is 113 Å². The van der Waals surface area contributed by atoms with Crippen LogP contribution in [0.2, 0.25) is 10.2 Å². The molecule has 208 valence electrons. The third kappa shape index (κ3) is 5.28. The molecule has 1 N–H and O–H groups in total. The van der Waals surface area contributed by atoms with Crippen molar-refractivity contribution >= 4 is 34.8 Å². The summed E-state index contributed by atoms with van der Waals surface area (Å²) < 4.78 is 4.91. The first-order valence-electron chi connectivity index (χ1n) is 13.2. The molecular formula is C29H26Cl2N8O2. The van der Waals surface area contributed by atoms with Crippen LogP contribution in [0.3, 0.4) is 0 Å². The van der Waals surface area contributed by atoms with E-state index >= 15 is 0 Å². The Morgan fingerprint density at radius 1 is 1.05 bits per heavy atom. The molecule has 0 saturated carbocycles. The van der Waals surface area contributed by atoms with E-state index in [4.69, 9.17) is 23.2 Å². The number of carbonyl (C=O) groups excluding carboxylic acids is 1. The molecule has 2 aromatic carbocycles. The normalized spacial score (nSPS) is 17.3. The highest BCUT2D eigenvalue weighted by Crippen LogP contribution is 2.34. The molecule has 4 heterocycles. The first-order valence-corrected chi connectivity index (χ1v) is 13.9. The lowest BCUT2D eigenvalue weighted by atomic mass is 9.94. The second-order valence-electron chi connectivity index (χ2n) is 10.2. The van der Waals surface area contributed by atoms with Gasteiger partial charge in [-0.15, -0.1) is 5.10 Å². The van der Waals surface area contributed by atoms with Crippen LogP contribution in [0, 0.1) is 5.92 Å². The van der Waals surface area contributed by atoms with E-state index in [2.05, 4.69) is 25.7 Å². The number of anilines is 1. The first kappa shape index (κ1) is 26.9. The SMILES string of the molecule is CC1CCCC(n2cnc(-c3cc(Cl)ccc3-n3cc(Cl)nn3)cc2=O)c2cccc(c2)-c2c(cnn2C)NC1=O. The molecule has 0 spiro atoms. The molecule has 0 radical (unpaired) electrons. The smallest absolute Gasteiger partial charge is 0.254 e. The maximum Gasteiger partial charge on any atom is 0.254 e. The molecule has 0 fully saturated rings. The second-order valence-corrected chi connectivity index (χ2v) is 11.0. The number of rotatable bonds is 3. The minimum Gasteiger partial charge on any atom is -0.323 e. The fraction of sp³-hybridized carbons (Fsp3) is 0.241. The van der Waals surface area contributed by atoms with Crippen LogP contribution in [-0.2, 0) is 11.8 Å². The minimum absolute atomic E-state index is 0.0540. The lowest BCUT2D eigenvalue weighted by Crippen LogP contribution is -2.26. The van der Waals surface area contributed by atoms with Crippen LogP contribution in [-0.4, -0.2) is 40.2 Å². The molecule has 0 aliphatic carbocycles. The molecule has 3 aromatic heterocycles. The minimum atomic E-state index is -0.289. The fourth-order valence-corrected chi connectivity index (χ4v) is 5.60. The zero-order valence-corrected chi connectivity index (χ0v) is 23.8. The number of hydrogen-bond donors (Lipinski definition) is 1. The van der Waals surface area contributed by atoms with Gasteiger partial charge in [0.1, 0.15) is 0 Å². The van der Waals surface area contributed by atoms with Gasteiger partial charge in [-0.1, -0.05) is 60.0 Å². The highest BCUT2D eigenvalue weighted by molar-refractivity contribution is 6.31. The molecule has 6 rings (SSSR count). The van der Waals surface area contributed by atoms with Crippen molar-refractivity contribution in [2.45, 2.75) is 32.2 Å². The Morgan fingerprint density at radius 2 is 1.90 bits per heavy atom. The largest absolute Gasteiger partial charge is 0.323 e. The highest BCUT2D eigenvalue weighted by atomic mass is 35.5. The lowest BCUT2D eigenvalue weighted by Gasteiger charge is -2.23. The van der Waals surface area contributed by atoms with Crippen LogP contribution in [0.5, 0.6) is 0 Å². The Bertz CT molecular complexity index is 1830. The number of amides is 1. The number of aromatic nitrogens is 7. The molecule has 1 aliphatic rings. The zero-order valence-electron chi connectivity index (χ0n) is 22.3. The number of fused-ring (bicyclic) bond motifs is 4. The van der Waals surface area contributed by atoms with Gasteiger partial charge in [-0.2, -0.15) is 5.10 Å². The van der Waals surface area contributed by atoms with Gasteiger partial charge in [-0.3, -0.25) is 18.8 Å². The van der Waals surface area contributed by atoms with Gasteiger partial charge >= 0.3 is 0 Å². The van der Waals surface area contributed by atoms with Crippen LogP contribution in [0.1, 0.15) is 37.8 Å². The summed E-state index contributed by atoms with van der Waals surface area (Å²) in [5, 5.41) is 16.1. The fourth-order valence-electron chi connectivity index (χ4n) is 5.30. The third-order valence-corrected chi connectivity index (χ3v) is 7.83. The van der Waals surface area contributed by atoms with Gasteiger partial charge in [-0.25, -0.2) is 9.67 Å². The molecular weight excluding hydrogens is 563 g/mol. The Labute approximate surface area is 245 Å². The monoisotopic (exact) mass is 588 g/mol. The lowest BCUT2D eigenvalue weighted by molar-refractivity contribution is -0.119. The predicted octanol–water partition coefficient (Wildman–Crippen LogP) is 5.55. The van der Waals surface area contributed by atoms with E-state index in [9.17, 15) is 9.59 Å². The summed E-state index contributed by atoms with van der Waals surface area (Å²) in [7, 11) is 1.84. The van der Waals surface area contributed by atoms with E-state index in [0.29, 0.717) is 40.5 Å². The van der Waals surface area contributed by atoms with Crippen molar-refractivity contribution < 1.29 is 4.79 Å². The zero-order chi connectivity index (χ0) is 28.7. The molecule has 0 saturated heterocycles. The number of benzene rings is 2. The van der Waals surface area contributed by atoms with Crippen molar-refractivity contribution in [2.75, 3.05) is 5.32 Å².